The first-order chi connectivity index (χ1) is 9.61. The van der Waals surface area contributed by atoms with Crippen LogP contribution in [0.15, 0.2) is 53.0 Å². The van der Waals surface area contributed by atoms with Crippen LogP contribution < -0.4 is 5.73 Å². The fourth-order valence-electron chi connectivity index (χ4n) is 2.25. The molecular weight excluding hydrogens is 321 g/mol. The smallest absolute Gasteiger partial charge is 0.127 e. The maximum Gasteiger partial charge on any atom is 0.127 e. The summed E-state index contributed by atoms with van der Waals surface area (Å²) in [7, 11) is 1.62. The Morgan fingerprint density at radius 2 is 1.90 bits per heavy atom. The van der Waals surface area contributed by atoms with E-state index in [1.54, 1.807) is 13.2 Å². The first-order valence-electron chi connectivity index (χ1n) is 6.39. The highest BCUT2D eigenvalue weighted by atomic mass is 79.9. The second kappa shape index (κ2) is 6.97. The van der Waals surface area contributed by atoms with E-state index in [2.05, 4.69) is 15.9 Å². The van der Waals surface area contributed by atoms with E-state index in [4.69, 9.17) is 10.5 Å². The maximum atomic E-state index is 13.9. The van der Waals surface area contributed by atoms with Crippen molar-refractivity contribution in [1.29, 1.82) is 0 Å². The molecule has 0 aliphatic carbocycles. The van der Waals surface area contributed by atoms with Gasteiger partial charge in [0.25, 0.3) is 0 Å². The van der Waals surface area contributed by atoms with Gasteiger partial charge in [0.15, 0.2) is 0 Å². The van der Waals surface area contributed by atoms with Crippen molar-refractivity contribution in [2.45, 2.75) is 18.6 Å². The molecule has 0 spiro atoms. The monoisotopic (exact) mass is 337 g/mol. The van der Waals surface area contributed by atoms with Crippen LogP contribution in [0.5, 0.6) is 0 Å². The molecular formula is C16H17BrFNO. The van der Waals surface area contributed by atoms with E-state index in [-0.39, 0.29) is 18.0 Å². The summed E-state index contributed by atoms with van der Waals surface area (Å²) >= 11 is 3.25. The van der Waals surface area contributed by atoms with Crippen LogP contribution >= 0.6 is 15.9 Å². The Morgan fingerprint density at radius 3 is 2.50 bits per heavy atom. The number of hydrogen-bond donors (Lipinski definition) is 1. The Hall–Kier alpha value is -1.23. The van der Waals surface area contributed by atoms with Crippen LogP contribution in [-0.4, -0.2) is 13.2 Å². The number of halogens is 2. The van der Waals surface area contributed by atoms with Gasteiger partial charge in [-0.25, -0.2) is 4.39 Å². The highest BCUT2D eigenvalue weighted by molar-refractivity contribution is 9.10. The Labute approximate surface area is 126 Å². The molecule has 0 bridgehead atoms. The van der Waals surface area contributed by atoms with E-state index in [9.17, 15) is 4.39 Å². The fraction of sp³-hybridized carbons (Fsp3) is 0.250. The third-order valence-corrected chi connectivity index (χ3v) is 3.73. The number of rotatable bonds is 5. The van der Waals surface area contributed by atoms with Gasteiger partial charge in [-0.15, -0.1) is 0 Å². The minimum Gasteiger partial charge on any atom is -0.375 e. The Morgan fingerprint density at radius 1 is 1.20 bits per heavy atom. The van der Waals surface area contributed by atoms with Crippen LogP contribution in [0.2, 0.25) is 0 Å². The van der Waals surface area contributed by atoms with Crippen molar-refractivity contribution < 1.29 is 9.13 Å². The molecule has 2 unspecified atom stereocenters. The van der Waals surface area contributed by atoms with Crippen molar-refractivity contribution in [3.8, 4) is 0 Å². The highest BCUT2D eigenvalue weighted by Crippen LogP contribution is 2.23. The first kappa shape index (κ1) is 15.2. The molecule has 0 heterocycles. The topological polar surface area (TPSA) is 35.2 Å². The van der Waals surface area contributed by atoms with Gasteiger partial charge >= 0.3 is 0 Å². The molecule has 0 amide bonds. The van der Waals surface area contributed by atoms with Gasteiger partial charge in [-0.05, 0) is 29.7 Å². The molecule has 4 heteroatoms. The van der Waals surface area contributed by atoms with Gasteiger partial charge in [-0.1, -0.05) is 52.3 Å². The predicted molar refractivity (Wildman–Crippen MR) is 82.0 cm³/mol. The lowest BCUT2D eigenvalue weighted by molar-refractivity contribution is 0.0800. The molecule has 0 saturated carbocycles. The quantitative estimate of drug-likeness (QED) is 0.899. The standard InChI is InChI=1S/C16H17BrFNO/c1-20-16(11-5-3-2-4-6-11)15(19)9-12-7-8-13(17)10-14(12)18/h2-8,10,15-16H,9,19H2,1H3. The van der Waals surface area contributed by atoms with E-state index >= 15 is 0 Å². The van der Waals surface area contributed by atoms with Crippen LogP contribution in [-0.2, 0) is 11.2 Å². The minimum atomic E-state index is -0.307. The summed E-state index contributed by atoms with van der Waals surface area (Å²) in [4.78, 5) is 0. The van der Waals surface area contributed by atoms with Gasteiger partial charge in [-0.2, -0.15) is 0 Å². The molecule has 2 N–H and O–H groups in total. The molecule has 0 aromatic heterocycles. The van der Waals surface area contributed by atoms with Crippen LogP contribution in [0, 0.1) is 5.82 Å². The summed E-state index contributed by atoms with van der Waals surface area (Å²) in [5, 5.41) is 0. The molecule has 20 heavy (non-hydrogen) atoms. The molecule has 2 atom stereocenters. The Balaban J connectivity index is 2.15. The Bertz CT molecular complexity index is 562. The van der Waals surface area contributed by atoms with Gasteiger partial charge in [0, 0.05) is 17.6 Å². The van der Waals surface area contributed by atoms with Gasteiger partial charge in [-0.3, -0.25) is 0 Å². The van der Waals surface area contributed by atoms with Crippen molar-refractivity contribution in [3.63, 3.8) is 0 Å². The number of ether oxygens (including phenoxy) is 1. The average molecular weight is 338 g/mol. The third kappa shape index (κ3) is 3.66. The van der Waals surface area contributed by atoms with Crippen molar-refractivity contribution in [2.75, 3.05) is 7.11 Å². The fourth-order valence-corrected chi connectivity index (χ4v) is 2.58. The molecule has 2 nitrogen and oxygen atoms in total. The second-order valence-electron chi connectivity index (χ2n) is 4.67. The molecule has 0 aliphatic rings. The second-order valence-corrected chi connectivity index (χ2v) is 5.59. The molecule has 2 aromatic rings. The summed E-state index contributed by atoms with van der Waals surface area (Å²) in [5.74, 6) is -0.252. The van der Waals surface area contributed by atoms with Gasteiger partial charge < -0.3 is 10.5 Å². The molecule has 0 fully saturated rings. The van der Waals surface area contributed by atoms with Crippen molar-refractivity contribution in [1.82, 2.24) is 0 Å². The zero-order valence-electron chi connectivity index (χ0n) is 11.2. The van der Waals surface area contributed by atoms with E-state index in [1.165, 1.54) is 6.07 Å². The lowest BCUT2D eigenvalue weighted by atomic mass is 9.96. The van der Waals surface area contributed by atoms with E-state index < -0.39 is 0 Å². The lowest BCUT2D eigenvalue weighted by Gasteiger charge is -2.23. The highest BCUT2D eigenvalue weighted by Gasteiger charge is 2.20. The van der Waals surface area contributed by atoms with Crippen LogP contribution in [0.4, 0.5) is 4.39 Å². The predicted octanol–water partition coefficient (Wildman–Crippen LogP) is 3.85. The number of hydrogen-bond acceptors (Lipinski definition) is 2. The molecule has 2 rings (SSSR count). The summed E-state index contributed by atoms with van der Waals surface area (Å²) in [6, 6.07) is 14.5. The molecule has 0 radical (unpaired) electrons. The van der Waals surface area contributed by atoms with E-state index in [0.29, 0.717) is 12.0 Å². The summed E-state index contributed by atoms with van der Waals surface area (Å²) < 4.78 is 20.1. The van der Waals surface area contributed by atoms with Crippen LogP contribution in [0.1, 0.15) is 17.2 Å². The van der Waals surface area contributed by atoms with Crippen LogP contribution in [0.25, 0.3) is 0 Å². The van der Waals surface area contributed by atoms with E-state index in [1.807, 2.05) is 36.4 Å². The number of methoxy groups -OCH3 is 1. The van der Waals surface area contributed by atoms with Gasteiger partial charge in [0.05, 0.1) is 6.10 Å². The Kier molecular flexibility index (Phi) is 5.29. The normalized spacial score (nSPS) is 14.0. The summed E-state index contributed by atoms with van der Waals surface area (Å²) in [5.41, 5.74) is 7.79. The van der Waals surface area contributed by atoms with Crippen molar-refractivity contribution in [2.24, 2.45) is 5.73 Å². The maximum absolute atomic E-state index is 13.9. The zero-order valence-corrected chi connectivity index (χ0v) is 12.8. The first-order valence-corrected chi connectivity index (χ1v) is 7.18. The van der Waals surface area contributed by atoms with E-state index in [0.717, 1.165) is 10.0 Å². The molecule has 0 aliphatic heterocycles. The van der Waals surface area contributed by atoms with Gasteiger partial charge in [0.1, 0.15) is 5.82 Å². The number of nitrogens with two attached hydrogens (primary N) is 1. The largest absolute Gasteiger partial charge is 0.375 e. The van der Waals surface area contributed by atoms with Gasteiger partial charge in [0.2, 0.25) is 0 Å². The van der Waals surface area contributed by atoms with Crippen LogP contribution in [0.3, 0.4) is 0 Å². The zero-order chi connectivity index (χ0) is 14.5. The average Bonchev–Trinajstić information content (AvgIpc) is 2.44. The summed E-state index contributed by atoms with van der Waals surface area (Å²) in [6.45, 7) is 0. The molecule has 2 aromatic carbocycles. The number of benzene rings is 2. The van der Waals surface area contributed by atoms with Crippen molar-refractivity contribution in [3.05, 3.63) is 69.9 Å². The van der Waals surface area contributed by atoms with Crippen molar-refractivity contribution >= 4 is 15.9 Å². The molecule has 0 saturated heterocycles. The SMILES string of the molecule is COC(c1ccccc1)C(N)Cc1ccc(Br)cc1F. The lowest BCUT2D eigenvalue weighted by Crippen LogP contribution is -2.32. The molecule has 106 valence electrons. The minimum absolute atomic E-state index is 0.251. The third-order valence-electron chi connectivity index (χ3n) is 3.24. The summed E-state index contributed by atoms with van der Waals surface area (Å²) in [6.07, 6.45) is 0.172.